The molecule has 2 heterocycles. The highest BCUT2D eigenvalue weighted by Gasteiger charge is 2.31. The van der Waals surface area contributed by atoms with Crippen molar-refractivity contribution in [2.24, 2.45) is 0 Å². The Morgan fingerprint density at radius 2 is 1.85 bits per heavy atom. The monoisotopic (exact) mass is 366 g/mol. The third-order valence-electron chi connectivity index (χ3n) is 4.12. The lowest BCUT2D eigenvalue weighted by atomic mass is 10.2. The first kappa shape index (κ1) is 16.6. The first-order valence-corrected chi connectivity index (χ1v) is 9.27. The summed E-state index contributed by atoms with van der Waals surface area (Å²) in [6.45, 7) is 1.16. The first-order valence-electron chi connectivity index (χ1n) is 8.39. The van der Waals surface area contributed by atoms with Gasteiger partial charge in [-0.15, -0.1) is 11.3 Å². The fourth-order valence-electron chi connectivity index (χ4n) is 2.85. The molecule has 2 aromatic carbocycles. The summed E-state index contributed by atoms with van der Waals surface area (Å²) < 4.78 is 11.6. The minimum Gasteiger partial charge on any atom is -0.485 e. The minimum atomic E-state index is -0.659. The van der Waals surface area contributed by atoms with E-state index in [0.29, 0.717) is 24.6 Å². The topological polar surface area (TPSA) is 51.7 Å². The third kappa shape index (κ3) is 3.70. The highest BCUT2D eigenvalue weighted by molar-refractivity contribution is 7.09. The number of hydrogen-bond donors (Lipinski definition) is 0. The molecule has 1 aliphatic heterocycles. The summed E-state index contributed by atoms with van der Waals surface area (Å²) in [4.78, 5) is 19.2. The second kappa shape index (κ2) is 7.58. The van der Waals surface area contributed by atoms with Gasteiger partial charge in [0.2, 0.25) is 6.10 Å². The standard InChI is InChI=1S/C20H18N2O3S/c23-20(18-14-24-16-8-4-5-9-17(16)25-18)22(13-19-21-10-11-26-19)12-15-6-2-1-3-7-15/h1-11,18H,12-14H2. The van der Waals surface area contributed by atoms with Crippen LogP contribution in [0.4, 0.5) is 0 Å². The van der Waals surface area contributed by atoms with Crippen molar-refractivity contribution in [3.63, 3.8) is 0 Å². The van der Waals surface area contributed by atoms with Crippen LogP contribution in [0.1, 0.15) is 10.6 Å². The fourth-order valence-corrected chi connectivity index (χ4v) is 3.49. The summed E-state index contributed by atoms with van der Waals surface area (Å²) in [5, 5.41) is 2.81. The highest BCUT2D eigenvalue weighted by atomic mass is 32.1. The van der Waals surface area contributed by atoms with E-state index in [1.165, 1.54) is 11.3 Å². The van der Waals surface area contributed by atoms with Crippen LogP contribution in [0.2, 0.25) is 0 Å². The van der Waals surface area contributed by atoms with Gasteiger partial charge in [-0.05, 0) is 17.7 Å². The second-order valence-electron chi connectivity index (χ2n) is 5.97. The van der Waals surface area contributed by atoms with E-state index in [1.807, 2.05) is 60.0 Å². The molecule has 1 atom stereocenters. The molecule has 0 saturated carbocycles. The maximum absolute atomic E-state index is 13.1. The van der Waals surface area contributed by atoms with Gasteiger partial charge >= 0.3 is 0 Å². The fraction of sp³-hybridized carbons (Fsp3) is 0.200. The molecule has 0 aliphatic carbocycles. The van der Waals surface area contributed by atoms with Crippen LogP contribution in [0.3, 0.4) is 0 Å². The zero-order chi connectivity index (χ0) is 17.8. The van der Waals surface area contributed by atoms with Crippen molar-refractivity contribution >= 4 is 17.2 Å². The van der Waals surface area contributed by atoms with Crippen LogP contribution in [-0.4, -0.2) is 28.5 Å². The summed E-state index contributed by atoms with van der Waals surface area (Å²) in [6, 6.07) is 17.3. The maximum Gasteiger partial charge on any atom is 0.267 e. The molecule has 5 nitrogen and oxygen atoms in total. The maximum atomic E-state index is 13.1. The van der Waals surface area contributed by atoms with Crippen molar-refractivity contribution in [2.75, 3.05) is 6.61 Å². The van der Waals surface area contributed by atoms with E-state index < -0.39 is 6.10 Å². The van der Waals surface area contributed by atoms with Gasteiger partial charge < -0.3 is 14.4 Å². The average molecular weight is 366 g/mol. The minimum absolute atomic E-state index is 0.0986. The van der Waals surface area contributed by atoms with Crippen LogP contribution in [0.25, 0.3) is 0 Å². The van der Waals surface area contributed by atoms with Gasteiger partial charge in [-0.3, -0.25) is 4.79 Å². The Kier molecular flexibility index (Phi) is 4.84. The summed E-state index contributed by atoms with van der Waals surface area (Å²) >= 11 is 1.54. The predicted molar refractivity (Wildman–Crippen MR) is 99.2 cm³/mol. The van der Waals surface area contributed by atoms with Crippen molar-refractivity contribution in [3.8, 4) is 11.5 Å². The molecule has 0 bridgehead atoms. The SMILES string of the molecule is O=C(C1COc2ccccc2O1)N(Cc1ccccc1)Cc1nccs1. The number of rotatable bonds is 5. The van der Waals surface area contributed by atoms with Crippen LogP contribution < -0.4 is 9.47 Å². The lowest BCUT2D eigenvalue weighted by molar-refractivity contribution is -0.142. The number of amides is 1. The summed E-state index contributed by atoms with van der Waals surface area (Å²) in [7, 11) is 0. The molecule has 1 amide bonds. The van der Waals surface area contributed by atoms with Gasteiger partial charge in [-0.25, -0.2) is 4.98 Å². The van der Waals surface area contributed by atoms with Crippen LogP contribution >= 0.6 is 11.3 Å². The van der Waals surface area contributed by atoms with Crippen molar-refractivity contribution < 1.29 is 14.3 Å². The number of aromatic nitrogens is 1. The molecular formula is C20H18N2O3S. The Morgan fingerprint density at radius 1 is 1.08 bits per heavy atom. The van der Waals surface area contributed by atoms with Gasteiger partial charge in [-0.1, -0.05) is 42.5 Å². The van der Waals surface area contributed by atoms with Gasteiger partial charge in [0.1, 0.15) is 11.6 Å². The number of para-hydroxylation sites is 2. The van der Waals surface area contributed by atoms with Crippen LogP contribution in [-0.2, 0) is 17.9 Å². The lowest BCUT2D eigenvalue weighted by Gasteiger charge is -2.30. The van der Waals surface area contributed by atoms with Gasteiger partial charge in [0.05, 0.1) is 6.54 Å². The van der Waals surface area contributed by atoms with Gasteiger partial charge in [0, 0.05) is 18.1 Å². The van der Waals surface area contributed by atoms with E-state index in [-0.39, 0.29) is 12.5 Å². The average Bonchev–Trinajstić information content (AvgIpc) is 3.20. The Bertz CT molecular complexity index is 868. The number of benzene rings is 2. The van der Waals surface area contributed by atoms with Gasteiger partial charge in [-0.2, -0.15) is 0 Å². The normalized spacial score (nSPS) is 15.5. The molecule has 1 unspecified atom stereocenters. The van der Waals surface area contributed by atoms with Crippen LogP contribution in [0, 0.1) is 0 Å². The number of hydrogen-bond acceptors (Lipinski definition) is 5. The number of carbonyl (C=O) groups is 1. The number of nitrogens with zero attached hydrogens (tertiary/aromatic N) is 2. The Balaban J connectivity index is 1.54. The summed E-state index contributed by atoms with van der Waals surface area (Å²) in [6.07, 6.45) is 1.09. The number of carbonyl (C=O) groups excluding carboxylic acids is 1. The van der Waals surface area contributed by atoms with E-state index in [4.69, 9.17) is 9.47 Å². The predicted octanol–water partition coefficient (Wildman–Crippen LogP) is 3.51. The molecule has 6 heteroatoms. The summed E-state index contributed by atoms with van der Waals surface area (Å²) in [5.41, 5.74) is 1.06. The van der Waals surface area contributed by atoms with E-state index in [9.17, 15) is 4.79 Å². The third-order valence-corrected chi connectivity index (χ3v) is 4.89. The van der Waals surface area contributed by atoms with E-state index >= 15 is 0 Å². The molecule has 4 rings (SSSR count). The number of fused-ring (bicyclic) bond motifs is 1. The quantitative estimate of drug-likeness (QED) is 0.693. The molecular weight excluding hydrogens is 348 g/mol. The molecule has 0 fully saturated rings. The second-order valence-corrected chi connectivity index (χ2v) is 6.95. The van der Waals surface area contributed by atoms with Crippen molar-refractivity contribution in [2.45, 2.75) is 19.2 Å². The largest absolute Gasteiger partial charge is 0.485 e. The molecule has 1 aliphatic rings. The number of ether oxygens (including phenoxy) is 2. The Hall–Kier alpha value is -2.86. The molecule has 0 spiro atoms. The molecule has 0 radical (unpaired) electrons. The lowest BCUT2D eigenvalue weighted by Crippen LogP contribution is -2.45. The molecule has 0 saturated heterocycles. The van der Waals surface area contributed by atoms with Crippen molar-refractivity contribution in [1.29, 1.82) is 0 Å². The molecule has 3 aromatic rings. The van der Waals surface area contributed by atoms with Crippen LogP contribution in [0.5, 0.6) is 11.5 Å². The zero-order valence-electron chi connectivity index (χ0n) is 14.1. The molecule has 132 valence electrons. The van der Waals surface area contributed by atoms with E-state index in [1.54, 1.807) is 11.1 Å². The zero-order valence-corrected chi connectivity index (χ0v) is 14.9. The first-order chi connectivity index (χ1) is 12.8. The summed E-state index contributed by atoms with van der Waals surface area (Å²) in [5.74, 6) is 1.18. The van der Waals surface area contributed by atoms with E-state index in [2.05, 4.69) is 4.98 Å². The molecule has 26 heavy (non-hydrogen) atoms. The van der Waals surface area contributed by atoms with Crippen molar-refractivity contribution in [1.82, 2.24) is 9.88 Å². The smallest absolute Gasteiger partial charge is 0.267 e. The highest BCUT2D eigenvalue weighted by Crippen LogP contribution is 2.31. The Labute approximate surface area is 155 Å². The van der Waals surface area contributed by atoms with Crippen molar-refractivity contribution in [3.05, 3.63) is 76.7 Å². The molecule has 0 N–H and O–H groups in total. The van der Waals surface area contributed by atoms with Crippen LogP contribution in [0.15, 0.2) is 66.2 Å². The molecule has 1 aromatic heterocycles. The Morgan fingerprint density at radius 3 is 2.62 bits per heavy atom. The van der Waals surface area contributed by atoms with Gasteiger partial charge in [0.15, 0.2) is 11.5 Å². The van der Waals surface area contributed by atoms with Gasteiger partial charge in [0.25, 0.3) is 5.91 Å². The van der Waals surface area contributed by atoms with E-state index in [0.717, 1.165) is 10.6 Å². The number of thiazole rings is 1.